The van der Waals surface area contributed by atoms with Crippen LogP contribution in [0.1, 0.15) is 51.2 Å². The minimum atomic E-state index is 0.367. The topological polar surface area (TPSA) is 106 Å². The molecule has 1 fully saturated rings. The zero-order valence-electron chi connectivity index (χ0n) is 22.6. The van der Waals surface area contributed by atoms with Crippen LogP contribution in [0.2, 0.25) is 0 Å². The van der Waals surface area contributed by atoms with E-state index in [-0.39, 0.29) is 0 Å². The Hall–Kier alpha value is -3.43. The molecular formula is C28H39N9. The molecule has 0 aliphatic carbocycles. The number of fused-ring (bicyclic) bond motifs is 1. The van der Waals surface area contributed by atoms with E-state index in [0.717, 1.165) is 60.3 Å². The molecule has 1 aliphatic rings. The number of hydrogen-bond donors (Lipinski definition) is 3. The molecule has 9 heteroatoms. The predicted molar refractivity (Wildman–Crippen MR) is 151 cm³/mol. The second-order valence-electron chi connectivity index (χ2n) is 10.3. The number of nitrogens with zero attached hydrogens (tertiary/aromatic N) is 6. The highest BCUT2D eigenvalue weighted by Crippen LogP contribution is 2.22. The van der Waals surface area contributed by atoms with Gasteiger partial charge in [0.1, 0.15) is 5.82 Å². The standard InChI is InChI=1S/C28H39N9/c1-19(2)22-12-28(35-32-16-22)34-27-8-7-25-26(33-27)11-23(15-31-25)24(13-29)14-30-9-6-10-37-17-20(3)36(5)21(4)18-37/h7-8,11-16,19-21,29-30H,6,9-10,17-18H2,1-5H3,(H,33,34,35)/b24-14+,29-13?/t20-,21+. The Kier molecular flexibility index (Phi) is 8.78. The van der Waals surface area contributed by atoms with Gasteiger partial charge in [-0.2, -0.15) is 5.10 Å². The van der Waals surface area contributed by atoms with Gasteiger partial charge in [0, 0.05) is 61.5 Å². The highest BCUT2D eigenvalue weighted by atomic mass is 15.3. The van der Waals surface area contributed by atoms with E-state index < -0.39 is 0 Å². The fourth-order valence-electron chi connectivity index (χ4n) is 4.62. The van der Waals surface area contributed by atoms with Crippen molar-refractivity contribution in [3.63, 3.8) is 0 Å². The quantitative estimate of drug-likeness (QED) is 0.279. The van der Waals surface area contributed by atoms with Gasteiger partial charge in [0.05, 0.1) is 17.2 Å². The normalized spacial score (nSPS) is 19.4. The van der Waals surface area contributed by atoms with Crippen molar-refractivity contribution < 1.29 is 0 Å². The lowest BCUT2D eigenvalue weighted by atomic mass is 10.1. The van der Waals surface area contributed by atoms with Crippen LogP contribution in [-0.2, 0) is 0 Å². The molecule has 1 aliphatic heterocycles. The maximum absolute atomic E-state index is 7.93. The first-order valence-electron chi connectivity index (χ1n) is 13.1. The molecule has 9 nitrogen and oxygen atoms in total. The van der Waals surface area contributed by atoms with Crippen molar-refractivity contribution in [3.05, 3.63) is 54.0 Å². The number of anilines is 2. The van der Waals surface area contributed by atoms with Crippen molar-refractivity contribution in [1.29, 1.82) is 5.41 Å². The molecule has 3 aromatic rings. The van der Waals surface area contributed by atoms with Crippen LogP contribution in [-0.4, -0.2) is 81.5 Å². The summed E-state index contributed by atoms with van der Waals surface area (Å²) in [6.45, 7) is 13.0. The molecule has 0 spiro atoms. The summed E-state index contributed by atoms with van der Waals surface area (Å²) in [5.41, 5.74) is 4.28. The lowest BCUT2D eigenvalue weighted by Gasteiger charge is -2.42. The van der Waals surface area contributed by atoms with Crippen LogP contribution in [0.3, 0.4) is 0 Å². The van der Waals surface area contributed by atoms with Crippen molar-refractivity contribution in [2.45, 2.75) is 52.1 Å². The molecule has 2 atom stereocenters. The van der Waals surface area contributed by atoms with Gasteiger partial charge in [0.2, 0.25) is 0 Å². The fraction of sp³-hybridized carbons (Fsp3) is 0.464. The molecule has 37 heavy (non-hydrogen) atoms. The zero-order chi connectivity index (χ0) is 26.4. The summed E-state index contributed by atoms with van der Waals surface area (Å²) < 4.78 is 0. The zero-order valence-corrected chi connectivity index (χ0v) is 22.6. The minimum absolute atomic E-state index is 0.367. The Balaban J connectivity index is 1.38. The smallest absolute Gasteiger partial charge is 0.154 e. The number of aromatic nitrogens is 4. The molecule has 0 radical (unpaired) electrons. The van der Waals surface area contributed by atoms with Crippen LogP contribution in [0.15, 0.2) is 42.9 Å². The van der Waals surface area contributed by atoms with Crippen molar-refractivity contribution >= 4 is 34.5 Å². The molecule has 196 valence electrons. The van der Waals surface area contributed by atoms with Crippen LogP contribution in [0.4, 0.5) is 11.6 Å². The summed E-state index contributed by atoms with van der Waals surface area (Å²) in [6.07, 6.45) is 7.89. The first-order valence-corrected chi connectivity index (χ1v) is 13.1. The molecule has 1 saturated heterocycles. The van der Waals surface area contributed by atoms with Gasteiger partial charge in [-0.15, -0.1) is 5.10 Å². The van der Waals surface area contributed by atoms with E-state index in [1.54, 1.807) is 12.4 Å². The van der Waals surface area contributed by atoms with E-state index >= 15 is 0 Å². The maximum atomic E-state index is 7.93. The molecule has 3 N–H and O–H groups in total. The minimum Gasteiger partial charge on any atom is -0.390 e. The highest BCUT2D eigenvalue weighted by molar-refractivity contribution is 6.08. The second kappa shape index (κ2) is 12.2. The van der Waals surface area contributed by atoms with Crippen LogP contribution >= 0.6 is 0 Å². The van der Waals surface area contributed by atoms with Crippen molar-refractivity contribution in [3.8, 4) is 0 Å². The number of allylic oxidation sites excluding steroid dienone is 1. The predicted octanol–water partition coefficient (Wildman–Crippen LogP) is 4.28. The van der Waals surface area contributed by atoms with Crippen LogP contribution in [0.5, 0.6) is 0 Å². The average Bonchev–Trinajstić information content (AvgIpc) is 2.89. The molecule has 0 aromatic carbocycles. The van der Waals surface area contributed by atoms with E-state index in [1.165, 1.54) is 6.21 Å². The van der Waals surface area contributed by atoms with Gasteiger partial charge in [0.15, 0.2) is 5.82 Å². The SMILES string of the molecule is CC(C)c1cnnc(Nc2ccc3ncc(/C(C=N)=C/NCCCN4C[C@@H](C)N(C)[C@@H](C)C4)cc3n2)c1. The number of pyridine rings is 2. The van der Waals surface area contributed by atoms with Crippen LogP contribution in [0.25, 0.3) is 16.6 Å². The van der Waals surface area contributed by atoms with Gasteiger partial charge in [-0.25, -0.2) is 4.98 Å². The van der Waals surface area contributed by atoms with E-state index in [4.69, 9.17) is 10.4 Å². The Morgan fingerprint density at radius 2 is 1.89 bits per heavy atom. The van der Waals surface area contributed by atoms with E-state index in [2.05, 4.69) is 70.4 Å². The summed E-state index contributed by atoms with van der Waals surface area (Å²) in [5, 5.41) is 22.8. The summed E-state index contributed by atoms with van der Waals surface area (Å²) in [4.78, 5) is 14.3. The van der Waals surface area contributed by atoms with Gasteiger partial charge < -0.3 is 20.9 Å². The second-order valence-corrected chi connectivity index (χ2v) is 10.3. The Bertz CT molecular complexity index is 1230. The fourth-order valence-corrected chi connectivity index (χ4v) is 4.62. The number of rotatable bonds is 10. The summed E-state index contributed by atoms with van der Waals surface area (Å²) in [7, 11) is 2.22. The summed E-state index contributed by atoms with van der Waals surface area (Å²) in [6, 6.07) is 8.95. The van der Waals surface area contributed by atoms with Crippen LogP contribution in [0, 0.1) is 5.41 Å². The number of nitrogens with one attached hydrogen (secondary N) is 3. The summed E-state index contributed by atoms with van der Waals surface area (Å²) in [5.74, 6) is 1.70. The van der Waals surface area contributed by atoms with Crippen LogP contribution < -0.4 is 10.6 Å². The van der Waals surface area contributed by atoms with Gasteiger partial charge in [-0.05, 0) is 69.6 Å². The Morgan fingerprint density at radius 1 is 1.11 bits per heavy atom. The molecule has 0 bridgehead atoms. The van der Waals surface area contributed by atoms with Crippen molar-refractivity contribution in [2.75, 3.05) is 38.5 Å². The molecule has 0 saturated carbocycles. The lowest BCUT2D eigenvalue weighted by Crippen LogP contribution is -2.55. The van der Waals surface area contributed by atoms with Gasteiger partial charge in [0.25, 0.3) is 0 Å². The van der Waals surface area contributed by atoms with E-state index in [1.807, 2.05) is 30.5 Å². The van der Waals surface area contributed by atoms with Gasteiger partial charge in [-0.3, -0.25) is 9.88 Å². The van der Waals surface area contributed by atoms with Gasteiger partial charge in [-0.1, -0.05) is 13.8 Å². The average molecular weight is 502 g/mol. The largest absolute Gasteiger partial charge is 0.390 e. The number of hydrogen-bond acceptors (Lipinski definition) is 9. The third-order valence-corrected chi connectivity index (χ3v) is 7.11. The highest BCUT2D eigenvalue weighted by Gasteiger charge is 2.25. The molecule has 0 unspecified atom stereocenters. The Morgan fingerprint density at radius 3 is 2.62 bits per heavy atom. The van der Waals surface area contributed by atoms with E-state index in [0.29, 0.717) is 29.6 Å². The third kappa shape index (κ3) is 6.87. The maximum Gasteiger partial charge on any atom is 0.154 e. The third-order valence-electron chi connectivity index (χ3n) is 7.11. The first kappa shape index (κ1) is 26.6. The molecule has 3 aromatic heterocycles. The molecule has 4 rings (SSSR count). The Labute approximate surface area is 219 Å². The van der Waals surface area contributed by atoms with Crippen molar-refractivity contribution in [2.24, 2.45) is 0 Å². The molecular weight excluding hydrogens is 462 g/mol. The summed E-state index contributed by atoms with van der Waals surface area (Å²) >= 11 is 0. The lowest BCUT2D eigenvalue weighted by molar-refractivity contribution is 0.0597. The van der Waals surface area contributed by atoms with Crippen molar-refractivity contribution in [1.82, 2.24) is 35.3 Å². The number of piperazine rings is 1. The monoisotopic (exact) mass is 501 g/mol. The molecule has 0 amide bonds. The number of likely N-dealkylation sites (N-methyl/N-ethyl adjacent to an activating group) is 1. The first-order chi connectivity index (χ1) is 17.8. The van der Waals surface area contributed by atoms with Gasteiger partial charge >= 0.3 is 0 Å². The molecule has 4 heterocycles. The van der Waals surface area contributed by atoms with E-state index in [9.17, 15) is 0 Å².